The number of benzene rings is 1. The molecule has 24 heavy (non-hydrogen) atoms. The molecule has 124 valence electrons. The fourth-order valence-corrected chi connectivity index (χ4v) is 3.01. The van der Waals surface area contributed by atoms with Crippen molar-refractivity contribution in [1.29, 1.82) is 0 Å². The minimum atomic E-state index is -0.320. The molecule has 0 spiro atoms. The van der Waals surface area contributed by atoms with E-state index in [1.165, 1.54) is 6.20 Å². The molecule has 0 bridgehead atoms. The Kier molecular flexibility index (Phi) is 4.73. The molecule has 3 aromatic rings. The van der Waals surface area contributed by atoms with E-state index in [0.717, 1.165) is 18.7 Å². The van der Waals surface area contributed by atoms with Crippen molar-refractivity contribution in [3.63, 3.8) is 0 Å². The van der Waals surface area contributed by atoms with Crippen molar-refractivity contribution in [2.24, 2.45) is 0 Å². The maximum Gasteiger partial charge on any atom is 0.258 e. The summed E-state index contributed by atoms with van der Waals surface area (Å²) in [6.45, 7) is 4.69. The van der Waals surface area contributed by atoms with Crippen molar-refractivity contribution < 1.29 is 4.79 Å². The van der Waals surface area contributed by atoms with Gasteiger partial charge in [-0.15, -0.1) is 0 Å². The highest BCUT2D eigenvalue weighted by atomic mass is 35.5. The van der Waals surface area contributed by atoms with E-state index < -0.39 is 0 Å². The Balaban J connectivity index is 1.97. The van der Waals surface area contributed by atoms with Crippen molar-refractivity contribution in [1.82, 2.24) is 14.8 Å². The number of halogens is 2. The van der Waals surface area contributed by atoms with Crippen molar-refractivity contribution >= 4 is 45.8 Å². The third-order valence-corrected chi connectivity index (χ3v) is 4.30. The van der Waals surface area contributed by atoms with Gasteiger partial charge >= 0.3 is 0 Å². The van der Waals surface area contributed by atoms with Crippen LogP contribution >= 0.6 is 23.2 Å². The van der Waals surface area contributed by atoms with Crippen LogP contribution in [0.1, 0.15) is 29.4 Å². The van der Waals surface area contributed by atoms with E-state index in [4.69, 9.17) is 23.2 Å². The Hall–Kier alpha value is -2.11. The number of nitrogens with one attached hydrogen (secondary N) is 1. The van der Waals surface area contributed by atoms with E-state index in [-0.39, 0.29) is 5.91 Å². The molecule has 0 aliphatic heterocycles. The smallest absolute Gasteiger partial charge is 0.258 e. The van der Waals surface area contributed by atoms with E-state index in [2.05, 4.69) is 22.3 Å². The molecule has 2 aromatic heterocycles. The van der Waals surface area contributed by atoms with Gasteiger partial charge in [-0.1, -0.05) is 30.1 Å². The largest absolute Gasteiger partial charge is 0.322 e. The summed E-state index contributed by atoms with van der Waals surface area (Å²) in [6, 6.07) is 6.87. The van der Waals surface area contributed by atoms with E-state index >= 15 is 0 Å². The number of pyridine rings is 1. The van der Waals surface area contributed by atoms with Crippen LogP contribution in [0.4, 0.5) is 5.69 Å². The highest BCUT2D eigenvalue weighted by Gasteiger charge is 2.19. The summed E-state index contributed by atoms with van der Waals surface area (Å²) in [5.74, 6) is -0.320. The number of carbonyl (C=O) groups is 1. The number of fused-ring (bicyclic) bond motifs is 1. The predicted molar refractivity (Wildman–Crippen MR) is 97.0 cm³/mol. The zero-order valence-corrected chi connectivity index (χ0v) is 14.8. The molecule has 0 radical (unpaired) electrons. The molecule has 0 fully saturated rings. The van der Waals surface area contributed by atoms with Crippen molar-refractivity contribution in [2.45, 2.75) is 26.8 Å². The van der Waals surface area contributed by atoms with E-state index in [1.54, 1.807) is 24.3 Å². The lowest BCUT2D eigenvalue weighted by Gasteiger charge is -2.08. The van der Waals surface area contributed by atoms with Crippen LogP contribution in [-0.2, 0) is 6.54 Å². The summed E-state index contributed by atoms with van der Waals surface area (Å²) in [7, 11) is 0. The lowest BCUT2D eigenvalue weighted by atomic mass is 10.2. The molecule has 0 unspecified atom stereocenters. The summed E-state index contributed by atoms with van der Waals surface area (Å²) in [5, 5.41) is 8.94. The molecule has 2 heterocycles. The summed E-state index contributed by atoms with van der Waals surface area (Å²) < 4.78 is 1.82. The first-order valence-corrected chi connectivity index (χ1v) is 8.35. The highest BCUT2D eigenvalue weighted by molar-refractivity contribution is 6.39. The summed E-state index contributed by atoms with van der Waals surface area (Å²) >= 11 is 12.3. The van der Waals surface area contributed by atoms with Gasteiger partial charge in [-0.25, -0.2) is 9.67 Å². The first-order valence-electron chi connectivity index (χ1n) is 7.59. The maximum atomic E-state index is 12.5. The van der Waals surface area contributed by atoms with E-state index in [9.17, 15) is 4.79 Å². The monoisotopic (exact) mass is 362 g/mol. The van der Waals surface area contributed by atoms with Gasteiger partial charge in [0.1, 0.15) is 0 Å². The summed E-state index contributed by atoms with van der Waals surface area (Å²) in [6.07, 6.45) is 2.43. The minimum Gasteiger partial charge on any atom is -0.322 e. The van der Waals surface area contributed by atoms with Crippen LogP contribution in [-0.4, -0.2) is 20.7 Å². The molecule has 5 nitrogen and oxygen atoms in total. The topological polar surface area (TPSA) is 59.8 Å². The lowest BCUT2D eigenvalue weighted by molar-refractivity contribution is 0.102. The average molecular weight is 363 g/mol. The number of anilines is 1. The lowest BCUT2D eigenvalue weighted by Crippen LogP contribution is -2.13. The molecule has 0 atom stereocenters. The zero-order valence-electron chi connectivity index (χ0n) is 13.3. The second-order valence-electron chi connectivity index (χ2n) is 5.45. The quantitative estimate of drug-likeness (QED) is 0.730. The number of hydrogen-bond donors (Lipinski definition) is 1. The number of hydrogen-bond acceptors (Lipinski definition) is 3. The number of carbonyl (C=O) groups excluding carboxylic acids is 1. The maximum absolute atomic E-state index is 12.5. The second-order valence-corrected chi connectivity index (χ2v) is 6.27. The van der Waals surface area contributed by atoms with Crippen LogP contribution in [0.5, 0.6) is 0 Å². The fourth-order valence-electron chi connectivity index (χ4n) is 2.53. The molecule has 1 amide bonds. The third kappa shape index (κ3) is 3.09. The molecular weight excluding hydrogens is 347 g/mol. The van der Waals surface area contributed by atoms with Gasteiger partial charge in [0.25, 0.3) is 5.91 Å². The fraction of sp³-hybridized carbons (Fsp3) is 0.235. The Bertz CT molecular complexity index is 903. The number of aromatic nitrogens is 3. The second kappa shape index (κ2) is 6.79. The Morgan fingerprint density at radius 3 is 2.62 bits per heavy atom. The van der Waals surface area contributed by atoms with Gasteiger partial charge in [-0.2, -0.15) is 5.10 Å². The van der Waals surface area contributed by atoms with Gasteiger partial charge in [0.05, 0.1) is 21.7 Å². The number of aryl methyl sites for hydroxylation is 2. The van der Waals surface area contributed by atoms with Crippen LogP contribution < -0.4 is 5.32 Å². The molecule has 7 heteroatoms. The molecule has 0 saturated carbocycles. The summed E-state index contributed by atoms with van der Waals surface area (Å²) in [5.41, 5.74) is 2.41. The number of nitrogens with zero attached hydrogens (tertiary/aromatic N) is 3. The molecule has 3 rings (SSSR count). The Morgan fingerprint density at radius 2 is 1.96 bits per heavy atom. The van der Waals surface area contributed by atoms with E-state index in [1.807, 2.05) is 11.6 Å². The normalized spacial score (nSPS) is 11.0. The van der Waals surface area contributed by atoms with Crippen LogP contribution in [0.3, 0.4) is 0 Å². The molecule has 0 aliphatic rings. The van der Waals surface area contributed by atoms with Crippen LogP contribution in [0.15, 0.2) is 30.5 Å². The molecule has 1 N–H and O–H groups in total. The van der Waals surface area contributed by atoms with E-state index in [0.29, 0.717) is 32.3 Å². The van der Waals surface area contributed by atoms with Gasteiger partial charge in [-0.3, -0.25) is 4.79 Å². The van der Waals surface area contributed by atoms with Gasteiger partial charge in [0.15, 0.2) is 5.65 Å². The minimum absolute atomic E-state index is 0.318. The number of rotatable bonds is 4. The van der Waals surface area contributed by atoms with Crippen molar-refractivity contribution in [3.05, 3.63) is 51.8 Å². The average Bonchev–Trinajstić information content (AvgIpc) is 2.87. The van der Waals surface area contributed by atoms with Gasteiger partial charge in [0, 0.05) is 23.5 Å². The Morgan fingerprint density at radius 1 is 1.25 bits per heavy atom. The highest BCUT2D eigenvalue weighted by Crippen LogP contribution is 2.29. The third-order valence-electron chi connectivity index (χ3n) is 3.65. The van der Waals surface area contributed by atoms with Crippen LogP contribution in [0.2, 0.25) is 10.0 Å². The zero-order chi connectivity index (χ0) is 17.3. The van der Waals surface area contributed by atoms with Crippen molar-refractivity contribution in [3.8, 4) is 0 Å². The first kappa shape index (κ1) is 16.7. The van der Waals surface area contributed by atoms with Gasteiger partial charge in [0.2, 0.25) is 0 Å². The molecule has 0 aliphatic carbocycles. The first-order chi connectivity index (χ1) is 11.5. The van der Waals surface area contributed by atoms with Gasteiger partial charge in [-0.05, 0) is 37.6 Å². The SMILES string of the molecule is CCCn1nc(C)c2c(Cl)c(C(=O)Nc3ccc(Cl)cc3)cnc21. The van der Waals surface area contributed by atoms with Gasteiger partial charge < -0.3 is 5.32 Å². The van der Waals surface area contributed by atoms with Crippen molar-refractivity contribution in [2.75, 3.05) is 5.32 Å². The van der Waals surface area contributed by atoms with Crippen LogP contribution in [0.25, 0.3) is 11.0 Å². The molecule has 0 saturated heterocycles. The summed E-state index contributed by atoms with van der Waals surface area (Å²) in [4.78, 5) is 16.9. The predicted octanol–water partition coefficient (Wildman–Crippen LogP) is 4.71. The number of amides is 1. The standard InChI is InChI=1S/C17H16Cl2N4O/c1-3-8-23-16-14(10(2)22-23)15(19)13(9-20-16)17(24)21-12-6-4-11(18)5-7-12/h4-7,9H,3,8H2,1-2H3,(H,21,24). The molecule has 1 aromatic carbocycles. The van der Waals surface area contributed by atoms with Crippen LogP contribution in [0, 0.1) is 6.92 Å². The Labute approximate surface area is 149 Å². The molecular formula is C17H16Cl2N4O.